The SMILES string of the molecule is CC=CC1(C)C=CSC(C)C1. The van der Waals surface area contributed by atoms with Crippen LogP contribution < -0.4 is 0 Å². The summed E-state index contributed by atoms with van der Waals surface area (Å²) in [6.45, 7) is 6.67. The van der Waals surface area contributed by atoms with Crippen LogP contribution in [0.1, 0.15) is 27.2 Å². The second-order valence-electron chi connectivity index (χ2n) is 3.46. The van der Waals surface area contributed by atoms with Crippen LogP contribution in [-0.4, -0.2) is 5.25 Å². The van der Waals surface area contributed by atoms with Gasteiger partial charge in [0.25, 0.3) is 0 Å². The zero-order valence-electron chi connectivity index (χ0n) is 7.50. The van der Waals surface area contributed by atoms with Crippen molar-refractivity contribution in [3.8, 4) is 0 Å². The van der Waals surface area contributed by atoms with Crippen molar-refractivity contribution in [2.24, 2.45) is 5.41 Å². The lowest BCUT2D eigenvalue weighted by Gasteiger charge is -2.28. The number of rotatable bonds is 1. The summed E-state index contributed by atoms with van der Waals surface area (Å²) in [4.78, 5) is 0. The number of hydrogen-bond donors (Lipinski definition) is 0. The van der Waals surface area contributed by atoms with Crippen LogP contribution in [0.4, 0.5) is 0 Å². The van der Waals surface area contributed by atoms with E-state index in [1.807, 2.05) is 11.8 Å². The Balaban J connectivity index is 2.70. The summed E-state index contributed by atoms with van der Waals surface area (Å²) in [5.41, 5.74) is 0.319. The lowest BCUT2D eigenvalue weighted by molar-refractivity contribution is 0.495. The van der Waals surface area contributed by atoms with Crippen molar-refractivity contribution >= 4 is 11.8 Å². The van der Waals surface area contributed by atoms with Crippen molar-refractivity contribution in [2.75, 3.05) is 0 Å². The smallest absolute Gasteiger partial charge is 0.00711 e. The van der Waals surface area contributed by atoms with Gasteiger partial charge in [0.15, 0.2) is 0 Å². The Labute approximate surface area is 73.8 Å². The van der Waals surface area contributed by atoms with E-state index in [4.69, 9.17) is 0 Å². The van der Waals surface area contributed by atoms with E-state index in [0.717, 1.165) is 5.25 Å². The molecule has 0 spiro atoms. The predicted octanol–water partition coefficient (Wildman–Crippen LogP) is 3.61. The van der Waals surface area contributed by atoms with E-state index in [9.17, 15) is 0 Å². The van der Waals surface area contributed by atoms with Crippen molar-refractivity contribution < 1.29 is 0 Å². The fourth-order valence-electron chi connectivity index (χ4n) is 1.57. The molecule has 2 atom stereocenters. The summed E-state index contributed by atoms with van der Waals surface area (Å²) < 4.78 is 0. The van der Waals surface area contributed by atoms with Gasteiger partial charge in [0.05, 0.1) is 0 Å². The number of allylic oxidation sites excluding steroid dienone is 3. The topological polar surface area (TPSA) is 0 Å². The van der Waals surface area contributed by atoms with Gasteiger partial charge in [0.1, 0.15) is 0 Å². The van der Waals surface area contributed by atoms with E-state index in [2.05, 4.69) is 44.4 Å². The minimum absolute atomic E-state index is 0.319. The average Bonchev–Trinajstić information content (AvgIpc) is 1.86. The Morgan fingerprint density at radius 2 is 2.36 bits per heavy atom. The van der Waals surface area contributed by atoms with Gasteiger partial charge in [-0.15, -0.1) is 11.8 Å². The van der Waals surface area contributed by atoms with E-state index in [1.165, 1.54) is 6.42 Å². The van der Waals surface area contributed by atoms with E-state index in [-0.39, 0.29) is 0 Å². The summed E-state index contributed by atoms with van der Waals surface area (Å²) in [6, 6.07) is 0. The fourth-order valence-corrected chi connectivity index (χ4v) is 2.68. The highest BCUT2D eigenvalue weighted by molar-refractivity contribution is 8.02. The van der Waals surface area contributed by atoms with Gasteiger partial charge in [-0.25, -0.2) is 0 Å². The van der Waals surface area contributed by atoms with Crippen LogP contribution in [0.2, 0.25) is 0 Å². The van der Waals surface area contributed by atoms with Crippen molar-refractivity contribution in [1.82, 2.24) is 0 Å². The Morgan fingerprint density at radius 1 is 1.64 bits per heavy atom. The van der Waals surface area contributed by atoms with Crippen LogP contribution in [-0.2, 0) is 0 Å². The van der Waals surface area contributed by atoms with Crippen LogP contribution in [0.15, 0.2) is 23.6 Å². The highest BCUT2D eigenvalue weighted by Gasteiger charge is 2.23. The van der Waals surface area contributed by atoms with E-state index < -0.39 is 0 Å². The summed E-state index contributed by atoms with van der Waals surface area (Å²) in [7, 11) is 0. The second-order valence-corrected chi connectivity index (χ2v) is 4.81. The first-order valence-electron chi connectivity index (χ1n) is 4.13. The fraction of sp³-hybridized carbons (Fsp3) is 0.600. The molecule has 0 aromatic rings. The van der Waals surface area contributed by atoms with Gasteiger partial charge >= 0.3 is 0 Å². The molecule has 0 N–H and O–H groups in total. The molecule has 0 aromatic carbocycles. The molecule has 1 heteroatoms. The molecule has 1 aliphatic rings. The first-order valence-corrected chi connectivity index (χ1v) is 5.07. The largest absolute Gasteiger partial charge is 0.131 e. The molecular weight excluding hydrogens is 152 g/mol. The van der Waals surface area contributed by atoms with E-state index >= 15 is 0 Å². The van der Waals surface area contributed by atoms with E-state index in [1.54, 1.807) is 0 Å². The van der Waals surface area contributed by atoms with Gasteiger partial charge < -0.3 is 0 Å². The van der Waals surface area contributed by atoms with Crippen LogP contribution in [0.5, 0.6) is 0 Å². The monoisotopic (exact) mass is 168 g/mol. The molecule has 1 rings (SSSR count). The standard InChI is InChI=1S/C10H16S/c1-4-5-10(3)6-7-11-9(2)8-10/h4-7,9H,8H2,1-3H3. The van der Waals surface area contributed by atoms with Gasteiger partial charge in [-0.2, -0.15) is 0 Å². The minimum atomic E-state index is 0.319. The van der Waals surface area contributed by atoms with Gasteiger partial charge in [-0.05, 0) is 18.8 Å². The zero-order chi connectivity index (χ0) is 8.32. The maximum atomic E-state index is 2.30. The Kier molecular flexibility index (Phi) is 2.83. The summed E-state index contributed by atoms with van der Waals surface area (Å²) in [5, 5.41) is 3.00. The third-order valence-corrected chi connectivity index (χ3v) is 2.96. The number of thioether (sulfide) groups is 1. The molecule has 0 nitrogen and oxygen atoms in total. The first-order chi connectivity index (χ1) is 5.16. The van der Waals surface area contributed by atoms with Crippen LogP contribution in [0.25, 0.3) is 0 Å². The molecule has 0 amide bonds. The lowest BCUT2D eigenvalue weighted by atomic mass is 9.85. The van der Waals surface area contributed by atoms with Crippen molar-refractivity contribution in [3.05, 3.63) is 23.6 Å². The normalized spacial score (nSPS) is 38.3. The van der Waals surface area contributed by atoms with E-state index in [0.29, 0.717) is 5.41 Å². The second kappa shape index (κ2) is 3.48. The molecule has 2 unspecified atom stereocenters. The summed E-state index contributed by atoms with van der Waals surface area (Å²) >= 11 is 1.93. The Hall–Kier alpha value is -0.170. The number of hydrogen-bond acceptors (Lipinski definition) is 1. The molecule has 0 bridgehead atoms. The highest BCUT2D eigenvalue weighted by atomic mass is 32.2. The molecule has 1 aliphatic heterocycles. The Bertz CT molecular complexity index is 181. The zero-order valence-corrected chi connectivity index (χ0v) is 8.32. The third-order valence-electron chi connectivity index (χ3n) is 2.03. The molecule has 62 valence electrons. The van der Waals surface area contributed by atoms with Gasteiger partial charge in [0, 0.05) is 10.7 Å². The predicted molar refractivity (Wildman–Crippen MR) is 53.7 cm³/mol. The van der Waals surface area contributed by atoms with Gasteiger partial charge in [-0.1, -0.05) is 32.1 Å². The molecular formula is C10H16S. The van der Waals surface area contributed by atoms with Gasteiger partial charge in [-0.3, -0.25) is 0 Å². The van der Waals surface area contributed by atoms with Crippen molar-refractivity contribution in [2.45, 2.75) is 32.4 Å². The maximum absolute atomic E-state index is 2.30. The van der Waals surface area contributed by atoms with Crippen molar-refractivity contribution in [3.63, 3.8) is 0 Å². The third kappa shape index (κ3) is 2.41. The molecule has 0 saturated heterocycles. The molecule has 1 heterocycles. The average molecular weight is 168 g/mol. The molecule has 11 heavy (non-hydrogen) atoms. The molecule has 0 aliphatic carbocycles. The van der Waals surface area contributed by atoms with Crippen LogP contribution in [0, 0.1) is 5.41 Å². The van der Waals surface area contributed by atoms with Gasteiger partial charge in [0.2, 0.25) is 0 Å². The molecule has 0 fully saturated rings. The molecule has 0 aromatic heterocycles. The highest BCUT2D eigenvalue weighted by Crippen LogP contribution is 2.37. The van der Waals surface area contributed by atoms with Crippen molar-refractivity contribution in [1.29, 1.82) is 0 Å². The maximum Gasteiger partial charge on any atom is 0.00711 e. The lowest BCUT2D eigenvalue weighted by Crippen LogP contribution is -2.18. The van der Waals surface area contributed by atoms with Crippen LogP contribution in [0.3, 0.4) is 0 Å². The molecule has 0 radical (unpaired) electrons. The van der Waals surface area contributed by atoms with Crippen LogP contribution >= 0.6 is 11.8 Å². The Morgan fingerprint density at radius 3 is 2.91 bits per heavy atom. The minimum Gasteiger partial charge on any atom is -0.131 e. The molecule has 0 saturated carbocycles. The summed E-state index contributed by atoms with van der Waals surface area (Å²) in [6.07, 6.45) is 8.00. The first kappa shape index (κ1) is 8.92. The quantitative estimate of drug-likeness (QED) is 0.539. The summed E-state index contributed by atoms with van der Waals surface area (Å²) in [5.74, 6) is 0.